The fourth-order valence-corrected chi connectivity index (χ4v) is 2.71. The number of methoxy groups -OCH3 is 1. The molecule has 0 spiro atoms. The van der Waals surface area contributed by atoms with Gasteiger partial charge in [-0.2, -0.15) is 0 Å². The minimum atomic E-state index is -1.01. The minimum absolute atomic E-state index is 0.0706. The van der Waals surface area contributed by atoms with Gasteiger partial charge in [0.25, 0.3) is 0 Å². The van der Waals surface area contributed by atoms with E-state index in [0.717, 1.165) is 12.8 Å². The van der Waals surface area contributed by atoms with Gasteiger partial charge in [0.2, 0.25) is 0 Å². The summed E-state index contributed by atoms with van der Waals surface area (Å²) in [5.41, 5.74) is 0.766. The second-order valence-corrected chi connectivity index (χ2v) is 5.02. The highest BCUT2D eigenvalue weighted by atomic mass is 16.5. The molecule has 1 aromatic rings. The van der Waals surface area contributed by atoms with E-state index in [-0.39, 0.29) is 11.7 Å². The molecule has 0 saturated heterocycles. The van der Waals surface area contributed by atoms with Gasteiger partial charge in [-0.25, -0.2) is 9.48 Å². The Morgan fingerprint density at radius 3 is 2.63 bits per heavy atom. The maximum atomic E-state index is 11.2. The Hall–Kier alpha value is -1.43. The van der Waals surface area contributed by atoms with E-state index in [4.69, 9.17) is 4.74 Å². The Bertz CT molecular complexity index is 423. The van der Waals surface area contributed by atoms with E-state index in [1.165, 1.54) is 25.7 Å². The summed E-state index contributed by atoms with van der Waals surface area (Å²) in [6.45, 7) is 0.486. The van der Waals surface area contributed by atoms with E-state index in [1.54, 1.807) is 7.11 Å². The normalized spacial score (nSPS) is 17.3. The number of carboxylic acids is 1. The van der Waals surface area contributed by atoms with Crippen LogP contribution >= 0.6 is 0 Å². The highest BCUT2D eigenvalue weighted by Gasteiger charge is 2.24. The summed E-state index contributed by atoms with van der Waals surface area (Å²) < 4.78 is 6.88. The van der Waals surface area contributed by atoms with Crippen LogP contribution in [0.5, 0.6) is 0 Å². The predicted octanol–water partition coefficient (Wildman–Crippen LogP) is 2.06. The molecule has 1 heterocycles. The number of aromatic nitrogens is 3. The molecule has 19 heavy (non-hydrogen) atoms. The summed E-state index contributed by atoms with van der Waals surface area (Å²) in [5.74, 6) is -1.01. The molecule has 1 aliphatic rings. The van der Waals surface area contributed by atoms with Crippen molar-refractivity contribution >= 4 is 5.97 Å². The fraction of sp³-hybridized carbons (Fsp3) is 0.769. The summed E-state index contributed by atoms with van der Waals surface area (Å²) >= 11 is 0. The molecule has 1 aromatic heterocycles. The van der Waals surface area contributed by atoms with Gasteiger partial charge in [-0.15, -0.1) is 5.10 Å². The second-order valence-electron chi connectivity index (χ2n) is 5.02. The van der Waals surface area contributed by atoms with Gasteiger partial charge in [0, 0.05) is 13.5 Å². The van der Waals surface area contributed by atoms with E-state index in [2.05, 4.69) is 10.3 Å². The van der Waals surface area contributed by atoms with Crippen molar-refractivity contribution in [2.45, 2.75) is 51.0 Å². The zero-order valence-electron chi connectivity index (χ0n) is 11.3. The Balaban J connectivity index is 2.24. The summed E-state index contributed by atoms with van der Waals surface area (Å²) in [4.78, 5) is 11.2. The summed E-state index contributed by atoms with van der Waals surface area (Å²) in [6.07, 6.45) is 7.52. The quantitative estimate of drug-likeness (QED) is 0.826. The Morgan fingerprint density at radius 2 is 2.05 bits per heavy atom. The Morgan fingerprint density at radius 1 is 1.37 bits per heavy atom. The number of aromatic carboxylic acids is 1. The molecule has 0 atom stereocenters. The summed E-state index contributed by atoms with van der Waals surface area (Å²) in [5, 5.41) is 17.1. The molecular formula is C13H21N3O3. The van der Waals surface area contributed by atoms with Crippen molar-refractivity contribution in [1.82, 2.24) is 15.0 Å². The molecule has 0 radical (unpaired) electrons. The molecule has 6 nitrogen and oxygen atoms in total. The molecule has 1 N–H and O–H groups in total. The molecule has 2 rings (SSSR count). The largest absolute Gasteiger partial charge is 0.476 e. The van der Waals surface area contributed by atoms with Crippen molar-refractivity contribution in [3.63, 3.8) is 0 Å². The van der Waals surface area contributed by atoms with E-state index in [1.807, 2.05) is 4.68 Å². The molecule has 0 aliphatic heterocycles. The fourth-order valence-electron chi connectivity index (χ4n) is 2.71. The number of rotatable bonds is 5. The molecule has 106 valence electrons. The molecule has 0 unspecified atom stereocenters. The standard InChI is InChI=1S/C13H21N3O3/c1-19-9-8-11-12(13(17)18)14-15-16(11)10-6-4-2-3-5-7-10/h10H,2-9H2,1H3,(H,17,18). The molecular weight excluding hydrogens is 246 g/mol. The summed E-state index contributed by atoms with van der Waals surface area (Å²) in [7, 11) is 1.61. The first-order valence-electron chi connectivity index (χ1n) is 6.90. The number of carbonyl (C=O) groups is 1. The monoisotopic (exact) mass is 267 g/mol. The van der Waals surface area contributed by atoms with Gasteiger partial charge in [-0.1, -0.05) is 30.9 Å². The molecule has 1 saturated carbocycles. The van der Waals surface area contributed by atoms with Crippen LogP contribution < -0.4 is 0 Å². The van der Waals surface area contributed by atoms with Crippen LogP contribution in [0.4, 0.5) is 0 Å². The van der Waals surface area contributed by atoms with E-state index in [0.29, 0.717) is 18.7 Å². The summed E-state index contributed by atoms with van der Waals surface area (Å²) in [6, 6.07) is 0.287. The zero-order valence-corrected chi connectivity index (χ0v) is 11.3. The lowest BCUT2D eigenvalue weighted by molar-refractivity contribution is 0.0688. The van der Waals surface area contributed by atoms with Crippen LogP contribution in [0.1, 0.15) is 60.7 Å². The third-order valence-electron chi connectivity index (χ3n) is 3.71. The van der Waals surface area contributed by atoms with Crippen LogP contribution in [0.15, 0.2) is 0 Å². The number of ether oxygens (including phenoxy) is 1. The van der Waals surface area contributed by atoms with Gasteiger partial charge in [-0.3, -0.25) is 0 Å². The van der Waals surface area contributed by atoms with Crippen LogP contribution in [0.3, 0.4) is 0 Å². The van der Waals surface area contributed by atoms with Crippen LogP contribution in [-0.2, 0) is 11.2 Å². The van der Waals surface area contributed by atoms with Gasteiger partial charge >= 0.3 is 5.97 Å². The SMILES string of the molecule is COCCc1c(C(=O)O)nnn1C1CCCCCC1. The van der Waals surface area contributed by atoms with Crippen molar-refractivity contribution in [3.05, 3.63) is 11.4 Å². The molecule has 6 heteroatoms. The highest BCUT2D eigenvalue weighted by Crippen LogP contribution is 2.28. The van der Waals surface area contributed by atoms with Crippen molar-refractivity contribution in [1.29, 1.82) is 0 Å². The topological polar surface area (TPSA) is 77.2 Å². The predicted molar refractivity (Wildman–Crippen MR) is 69.3 cm³/mol. The van der Waals surface area contributed by atoms with Crippen molar-refractivity contribution < 1.29 is 14.6 Å². The third-order valence-corrected chi connectivity index (χ3v) is 3.71. The smallest absolute Gasteiger partial charge is 0.358 e. The number of hydrogen-bond acceptors (Lipinski definition) is 4. The first-order chi connectivity index (χ1) is 9.24. The van der Waals surface area contributed by atoms with Crippen molar-refractivity contribution in [2.24, 2.45) is 0 Å². The first-order valence-corrected chi connectivity index (χ1v) is 6.90. The van der Waals surface area contributed by atoms with Crippen LogP contribution in [-0.4, -0.2) is 39.8 Å². The number of hydrogen-bond donors (Lipinski definition) is 1. The lowest BCUT2D eigenvalue weighted by Gasteiger charge is -2.17. The molecule has 0 amide bonds. The van der Waals surface area contributed by atoms with Gasteiger partial charge in [-0.05, 0) is 12.8 Å². The van der Waals surface area contributed by atoms with Crippen LogP contribution in [0, 0.1) is 0 Å². The lowest BCUT2D eigenvalue weighted by Crippen LogP contribution is -2.16. The number of carboxylic acid groups (broad SMARTS) is 1. The van der Waals surface area contributed by atoms with Crippen molar-refractivity contribution in [2.75, 3.05) is 13.7 Å². The molecule has 0 bridgehead atoms. The maximum Gasteiger partial charge on any atom is 0.358 e. The van der Waals surface area contributed by atoms with Gasteiger partial charge in [0.05, 0.1) is 18.3 Å². The van der Waals surface area contributed by atoms with E-state index < -0.39 is 5.97 Å². The Labute approximate surface area is 112 Å². The molecule has 1 aliphatic carbocycles. The van der Waals surface area contributed by atoms with E-state index in [9.17, 15) is 9.90 Å². The maximum absolute atomic E-state index is 11.2. The number of nitrogens with zero attached hydrogens (tertiary/aromatic N) is 3. The van der Waals surface area contributed by atoms with Gasteiger partial charge < -0.3 is 9.84 Å². The molecule has 0 aromatic carbocycles. The molecule has 1 fully saturated rings. The van der Waals surface area contributed by atoms with Crippen LogP contribution in [0.2, 0.25) is 0 Å². The third kappa shape index (κ3) is 3.32. The second kappa shape index (κ2) is 6.65. The first kappa shape index (κ1) is 14.0. The van der Waals surface area contributed by atoms with Gasteiger partial charge in [0.15, 0.2) is 5.69 Å². The minimum Gasteiger partial charge on any atom is -0.476 e. The van der Waals surface area contributed by atoms with Crippen LogP contribution in [0.25, 0.3) is 0 Å². The highest BCUT2D eigenvalue weighted by molar-refractivity contribution is 5.86. The van der Waals surface area contributed by atoms with Crippen molar-refractivity contribution in [3.8, 4) is 0 Å². The van der Waals surface area contributed by atoms with Gasteiger partial charge in [0.1, 0.15) is 0 Å². The van der Waals surface area contributed by atoms with E-state index >= 15 is 0 Å². The average molecular weight is 267 g/mol. The Kier molecular flexibility index (Phi) is 4.90. The lowest BCUT2D eigenvalue weighted by atomic mass is 10.1. The zero-order chi connectivity index (χ0) is 13.7. The average Bonchev–Trinajstić information content (AvgIpc) is 2.63.